The molecule has 11 heavy (non-hydrogen) atoms. The van der Waals surface area contributed by atoms with Crippen LogP contribution in [0.4, 0.5) is 8.78 Å². The van der Waals surface area contributed by atoms with Gasteiger partial charge in [0.05, 0.1) is 6.61 Å². The largest absolute Gasteiger partial charge is 0.394 e. The standard InChI is InChI=1S/C7H13F2NO/c1-6(10,4-11)5-2-7(8,9)3-5/h5,11H,2-4,10H2,1H3. The second-order valence-corrected chi connectivity index (χ2v) is 3.63. The van der Waals surface area contributed by atoms with Crippen molar-refractivity contribution in [3.63, 3.8) is 0 Å². The summed E-state index contributed by atoms with van der Waals surface area (Å²) < 4.78 is 24.6. The molecule has 0 aromatic rings. The van der Waals surface area contributed by atoms with E-state index in [0.717, 1.165) is 0 Å². The Hall–Kier alpha value is -0.220. The van der Waals surface area contributed by atoms with Crippen LogP contribution in [0.2, 0.25) is 0 Å². The summed E-state index contributed by atoms with van der Waals surface area (Å²) in [5, 5.41) is 8.73. The van der Waals surface area contributed by atoms with Gasteiger partial charge in [-0.25, -0.2) is 8.78 Å². The minimum absolute atomic E-state index is 0.180. The lowest BCUT2D eigenvalue weighted by atomic mass is 9.70. The van der Waals surface area contributed by atoms with Crippen molar-refractivity contribution in [1.29, 1.82) is 0 Å². The van der Waals surface area contributed by atoms with Gasteiger partial charge >= 0.3 is 0 Å². The van der Waals surface area contributed by atoms with Crippen LogP contribution in [0.25, 0.3) is 0 Å². The molecule has 0 radical (unpaired) electrons. The third kappa shape index (κ3) is 1.68. The molecule has 1 aliphatic carbocycles. The van der Waals surface area contributed by atoms with Crippen molar-refractivity contribution < 1.29 is 13.9 Å². The van der Waals surface area contributed by atoms with Gasteiger partial charge in [-0.1, -0.05) is 0 Å². The maximum Gasteiger partial charge on any atom is 0.248 e. The van der Waals surface area contributed by atoms with Crippen LogP contribution in [0.15, 0.2) is 0 Å². The summed E-state index contributed by atoms with van der Waals surface area (Å²) in [6.45, 7) is 1.38. The molecule has 0 heterocycles. The second kappa shape index (κ2) is 2.38. The molecule has 1 fully saturated rings. The van der Waals surface area contributed by atoms with Gasteiger partial charge < -0.3 is 10.8 Å². The third-order valence-corrected chi connectivity index (χ3v) is 2.36. The maximum absolute atomic E-state index is 12.3. The van der Waals surface area contributed by atoms with E-state index in [-0.39, 0.29) is 25.4 Å². The van der Waals surface area contributed by atoms with Gasteiger partial charge in [0.15, 0.2) is 0 Å². The Morgan fingerprint density at radius 2 is 2.09 bits per heavy atom. The van der Waals surface area contributed by atoms with Crippen molar-refractivity contribution >= 4 is 0 Å². The predicted octanol–water partition coefficient (Wildman–Crippen LogP) is 0.741. The number of halogens is 2. The summed E-state index contributed by atoms with van der Waals surface area (Å²) in [6.07, 6.45) is -0.360. The first-order chi connectivity index (χ1) is 4.87. The van der Waals surface area contributed by atoms with Gasteiger partial charge in [0.25, 0.3) is 0 Å². The summed E-state index contributed by atoms with van der Waals surface area (Å²) in [6, 6.07) is 0. The van der Waals surface area contributed by atoms with E-state index in [1.165, 1.54) is 0 Å². The zero-order valence-electron chi connectivity index (χ0n) is 6.48. The molecule has 2 nitrogen and oxygen atoms in total. The fraction of sp³-hybridized carbons (Fsp3) is 1.00. The molecule has 4 heteroatoms. The Morgan fingerprint density at radius 3 is 2.36 bits per heavy atom. The Balaban J connectivity index is 2.43. The van der Waals surface area contributed by atoms with Gasteiger partial charge in [-0.3, -0.25) is 0 Å². The molecule has 1 rings (SSSR count). The first-order valence-corrected chi connectivity index (χ1v) is 3.65. The van der Waals surface area contributed by atoms with Gasteiger partial charge in [-0.05, 0) is 12.8 Å². The minimum Gasteiger partial charge on any atom is -0.394 e. The molecule has 1 unspecified atom stereocenters. The summed E-state index contributed by atoms with van der Waals surface area (Å²) in [4.78, 5) is 0. The molecule has 66 valence electrons. The van der Waals surface area contributed by atoms with Crippen LogP contribution >= 0.6 is 0 Å². The molecule has 1 aliphatic rings. The van der Waals surface area contributed by atoms with Crippen LogP contribution in [0.3, 0.4) is 0 Å². The lowest BCUT2D eigenvalue weighted by Gasteiger charge is -2.43. The lowest BCUT2D eigenvalue weighted by molar-refractivity contribution is -0.133. The van der Waals surface area contributed by atoms with E-state index in [9.17, 15) is 8.78 Å². The first kappa shape index (κ1) is 8.87. The number of rotatable bonds is 2. The SMILES string of the molecule is CC(N)(CO)C1CC(F)(F)C1. The maximum atomic E-state index is 12.3. The van der Waals surface area contributed by atoms with E-state index in [4.69, 9.17) is 10.8 Å². The zero-order valence-corrected chi connectivity index (χ0v) is 6.48. The molecule has 0 aliphatic heterocycles. The second-order valence-electron chi connectivity index (χ2n) is 3.63. The van der Waals surface area contributed by atoms with Crippen molar-refractivity contribution in [2.24, 2.45) is 11.7 Å². The van der Waals surface area contributed by atoms with Crippen LogP contribution in [-0.2, 0) is 0 Å². The third-order valence-electron chi connectivity index (χ3n) is 2.36. The molecule has 1 atom stereocenters. The number of aliphatic hydroxyl groups excluding tert-OH is 1. The van der Waals surface area contributed by atoms with E-state index in [1.807, 2.05) is 0 Å². The van der Waals surface area contributed by atoms with Crippen LogP contribution in [0, 0.1) is 5.92 Å². The Kier molecular flexibility index (Phi) is 1.92. The van der Waals surface area contributed by atoms with Crippen molar-refractivity contribution in [1.82, 2.24) is 0 Å². The van der Waals surface area contributed by atoms with Crippen molar-refractivity contribution in [3.05, 3.63) is 0 Å². The number of hydrogen-bond acceptors (Lipinski definition) is 2. The number of hydrogen-bond donors (Lipinski definition) is 2. The van der Waals surface area contributed by atoms with Crippen molar-refractivity contribution in [3.8, 4) is 0 Å². The molecular weight excluding hydrogens is 152 g/mol. The smallest absolute Gasteiger partial charge is 0.248 e. The Labute approximate surface area is 64.4 Å². The summed E-state index contributed by atoms with van der Waals surface area (Å²) in [5.41, 5.74) is 4.73. The average molecular weight is 165 g/mol. The topological polar surface area (TPSA) is 46.2 Å². The average Bonchev–Trinajstić information content (AvgIpc) is 1.83. The van der Waals surface area contributed by atoms with Crippen LogP contribution in [0.5, 0.6) is 0 Å². The molecular formula is C7H13F2NO. The molecule has 0 saturated heterocycles. The van der Waals surface area contributed by atoms with E-state index in [0.29, 0.717) is 0 Å². The normalized spacial score (nSPS) is 29.2. The Bertz CT molecular complexity index is 151. The Morgan fingerprint density at radius 1 is 1.64 bits per heavy atom. The minimum atomic E-state index is -2.54. The highest BCUT2D eigenvalue weighted by Crippen LogP contribution is 2.46. The van der Waals surface area contributed by atoms with E-state index in [2.05, 4.69) is 0 Å². The molecule has 0 spiro atoms. The summed E-state index contributed by atoms with van der Waals surface area (Å²) in [7, 11) is 0. The van der Waals surface area contributed by atoms with E-state index >= 15 is 0 Å². The molecule has 0 amide bonds. The molecule has 3 N–H and O–H groups in total. The highest BCUT2D eigenvalue weighted by atomic mass is 19.3. The van der Waals surface area contributed by atoms with Crippen molar-refractivity contribution in [2.45, 2.75) is 31.2 Å². The number of alkyl halides is 2. The monoisotopic (exact) mass is 165 g/mol. The quantitative estimate of drug-likeness (QED) is 0.634. The molecule has 0 aromatic heterocycles. The number of nitrogens with two attached hydrogens (primary N) is 1. The van der Waals surface area contributed by atoms with Gasteiger partial charge in [0.1, 0.15) is 0 Å². The van der Waals surface area contributed by atoms with Crippen LogP contribution < -0.4 is 5.73 Å². The molecule has 0 aromatic carbocycles. The van der Waals surface area contributed by atoms with Gasteiger partial charge in [-0.15, -0.1) is 0 Å². The van der Waals surface area contributed by atoms with Gasteiger partial charge in [-0.2, -0.15) is 0 Å². The summed E-state index contributed by atoms with van der Waals surface area (Å²) >= 11 is 0. The van der Waals surface area contributed by atoms with Gasteiger partial charge in [0, 0.05) is 18.4 Å². The highest BCUT2D eigenvalue weighted by Gasteiger charge is 2.51. The molecule has 1 saturated carbocycles. The van der Waals surface area contributed by atoms with Crippen molar-refractivity contribution in [2.75, 3.05) is 6.61 Å². The first-order valence-electron chi connectivity index (χ1n) is 3.65. The van der Waals surface area contributed by atoms with Gasteiger partial charge in [0.2, 0.25) is 5.92 Å². The van der Waals surface area contributed by atoms with Crippen LogP contribution in [-0.4, -0.2) is 23.2 Å². The lowest BCUT2D eigenvalue weighted by Crippen LogP contribution is -2.56. The number of aliphatic hydroxyl groups is 1. The fourth-order valence-electron chi connectivity index (χ4n) is 1.26. The van der Waals surface area contributed by atoms with E-state index in [1.54, 1.807) is 6.92 Å². The fourth-order valence-corrected chi connectivity index (χ4v) is 1.26. The van der Waals surface area contributed by atoms with E-state index < -0.39 is 11.5 Å². The summed E-state index contributed by atoms with van der Waals surface area (Å²) in [5.74, 6) is -2.78. The zero-order chi connectivity index (χ0) is 8.70. The highest BCUT2D eigenvalue weighted by molar-refractivity contribution is 4.98. The predicted molar refractivity (Wildman–Crippen MR) is 37.3 cm³/mol. The molecule has 0 bridgehead atoms. The van der Waals surface area contributed by atoms with Crippen LogP contribution in [0.1, 0.15) is 19.8 Å².